The van der Waals surface area contributed by atoms with Gasteiger partial charge in [-0.2, -0.15) is 13.2 Å². The number of aromatic nitrogens is 1. The van der Waals surface area contributed by atoms with Crippen molar-refractivity contribution in [3.05, 3.63) is 24.0 Å². The summed E-state index contributed by atoms with van der Waals surface area (Å²) in [5.41, 5.74) is -0.0186. The zero-order valence-corrected chi connectivity index (χ0v) is 11.2. The first-order valence-electron chi connectivity index (χ1n) is 6.59. The van der Waals surface area contributed by atoms with Gasteiger partial charge in [-0.25, -0.2) is 4.98 Å². The average Bonchev–Trinajstić information content (AvgIpc) is 2.31. The molecule has 106 valence electrons. The first-order valence-corrected chi connectivity index (χ1v) is 6.59. The topological polar surface area (TPSA) is 24.9 Å². The highest BCUT2D eigenvalue weighted by Crippen LogP contribution is 2.37. The smallest absolute Gasteiger partial charge is 0.381 e. The number of hydrogen-bond donors (Lipinski definition) is 1. The van der Waals surface area contributed by atoms with Crippen LogP contribution in [0, 0.1) is 5.41 Å². The van der Waals surface area contributed by atoms with Crippen molar-refractivity contribution in [3.8, 4) is 0 Å². The van der Waals surface area contributed by atoms with E-state index in [1.54, 1.807) is 0 Å². The Bertz CT molecular complexity index is 423. The van der Waals surface area contributed by atoms with Gasteiger partial charge in [0, 0.05) is 6.04 Å². The second kappa shape index (κ2) is 5.02. The van der Waals surface area contributed by atoms with E-state index >= 15 is 0 Å². The number of halogens is 3. The lowest BCUT2D eigenvalue weighted by Crippen LogP contribution is -2.38. The molecule has 1 unspecified atom stereocenters. The summed E-state index contributed by atoms with van der Waals surface area (Å²) in [5, 5.41) is 3.32. The maximum absolute atomic E-state index is 12.4. The van der Waals surface area contributed by atoms with Gasteiger partial charge in [-0.05, 0) is 30.4 Å². The SMILES string of the molecule is CC1(C)CCCCC1Nc1ccc(C(F)(F)F)nc1. The number of pyridine rings is 1. The molecule has 5 heteroatoms. The highest BCUT2D eigenvalue weighted by molar-refractivity contribution is 5.42. The molecule has 0 radical (unpaired) electrons. The van der Waals surface area contributed by atoms with Gasteiger partial charge in [-0.15, -0.1) is 0 Å². The summed E-state index contributed by atoms with van der Waals surface area (Å²) in [5.74, 6) is 0. The number of anilines is 1. The minimum atomic E-state index is -4.37. The molecule has 1 saturated carbocycles. The summed E-state index contributed by atoms with van der Waals surface area (Å²) in [6.07, 6.45) is 1.47. The summed E-state index contributed by atoms with van der Waals surface area (Å²) in [6.45, 7) is 4.39. The highest BCUT2D eigenvalue weighted by Gasteiger charge is 2.33. The molecule has 0 amide bonds. The molecule has 1 atom stereocenters. The van der Waals surface area contributed by atoms with E-state index < -0.39 is 11.9 Å². The predicted molar refractivity (Wildman–Crippen MR) is 68.9 cm³/mol. The van der Waals surface area contributed by atoms with Crippen molar-refractivity contribution in [3.63, 3.8) is 0 Å². The first kappa shape index (κ1) is 14.2. The summed E-state index contributed by atoms with van der Waals surface area (Å²) in [6, 6.07) is 2.78. The van der Waals surface area contributed by atoms with Gasteiger partial charge in [0.15, 0.2) is 0 Å². The lowest BCUT2D eigenvalue weighted by molar-refractivity contribution is -0.141. The standard InChI is InChI=1S/C14H19F3N2/c1-13(2)8-4-3-5-11(13)19-10-6-7-12(18-9-10)14(15,16)17/h6-7,9,11,19H,3-5,8H2,1-2H3. The predicted octanol–water partition coefficient (Wildman–Crippen LogP) is 4.48. The summed E-state index contributed by atoms with van der Waals surface area (Å²) < 4.78 is 37.3. The molecule has 1 aliphatic carbocycles. The molecule has 1 aromatic rings. The monoisotopic (exact) mass is 272 g/mol. The Kier molecular flexibility index (Phi) is 3.74. The lowest BCUT2D eigenvalue weighted by atomic mass is 9.73. The summed E-state index contributed by atoms with van der Waals surface area (Å²) in [4.78, 5) is 3.48. The van der Waals surface area contributed by atoms with Crippen LogP contribution in [0.2, 0.25) is 0 Å². The van der Waals surface area contributed by atoms with Crippen LogP contribution in [-0.2, 0) is 6.18 Å². The summed E-state index contributed by atoms with van der Waals surface area (Å²) >= 11 is 0. The van der Waals surface area contributed by atoms with Crippen molar-refractivity contribution in [1.29, 1.82) is 0 Å². The number of rotatable bonds is 2. The van der Waals surface area contributed by atoms with E-state index in [0.29, 0.717) is 11.7 Å². The fourth-order valence-electron chi connectivity index (χ4n) is 2.61. The molecule has 0 bridgehead atoms. The second-order valence-electron chi connectivity index (χ2n) is 5.86. The Labute approximate surface area is 111 Å². The molecule has 1 aliphatic rings. The Morgan fingerprint density at radius 3 is 2.53 bits per heavy atom. The van der Waals surface area contributed by atoms with Crippen LogP contribution in [0.5, 0.6) is 0 Å². The van der Waals surface area contributed by atoms with Crippen molar-refractivity contribution < 1.29 is 13.2 Å². The molecular formula is C14H19F3N2. The van der Waals surface area contributed by atoms with Crippen LogP contribution >= 0.6 is 0 Å². The lowest BCUT2D eigenvalue weighted by Gasteiger charge is -2.39. The third kappa shape index (κ3) is 3.39. The van der Waals surface area contributed by atoms with E-state index in [-0.39, 0.29) is 5.41 Å². The number of alkyl halides is 3. The normalized spacial score (nSPS) is 23.1. The van der Waals surface area contributed by atoms with E-state index in [2.05, 4.69) is 24.1 Å². The van der Waals surface area contributed by atoms with Gasteiger partial charge in [-0.3, -0.25) is 0 Å². The third-order valence-corrected chi connectivity index (χ3v) is 3.90. The van der Waals surface area contributed by atoms with Crippen LogP contribution < -0.4 is 5.32 Å². The molecule has 0 saturated heterocycles. The van der Waals surface area contributed by atoms with Crippen molar-refractivity contribution in [2.75, 3.05) is 5.32 Å². The van der Waals surface area contributed by atoms with Crippen molar-refractivity contribution >= 4 is 5.69 Å². The van der Waals surface area contributed by atoms with Gasteiger partial charge in [0.2, 0.25) is 0 Å². The average molecular weight is 272 g/mol. The van der Waals surface area contributed by atoms with Gasteiger partial charge in [-0.1, -0.05) is 26.7 Å². The van der Waals surface area contributed by atoms with Crippen LogP contribution in [0.25, 0.3) is 0 Å². The van der Waals surface area contributed by atoms with Gasteiger partial charge in [0.1, 0.15) is 5.69 Å². The molecule has 0 aliphatic heterocycles. The van der Waals surface area contributed by atoms with Gasteiger partial charge in [0.25, 0.3) is 0 Å². The molecule has 2 rings (SSSR count). The quantitative estimate of drug-likeness (QED) is 0.858. The first-order chi connectivity index (χ1) is 8.79. The molecule has 1 N–H and O–H groups in total. The maximum atomic E-state index is 12.4. The van der Waals surface area contributed by atoms with Crippen LogP contribution in [0.1, 0.15) is 45.2 Å². The Hall–Kier alpha value is -1.26. The van der Waals surface area contributed by atoms with Crippen LogP contribution in [0.4, 0.5) is 18.9 Å². The molecule has 0 spiro atoms. The fourth-order valence-corrected chi connectivity index (χ4v) is 2.61. The van der Waals surface area contributed by atoms with Crippen LogP contribution in [0.15, 0.2) is 18.3 Å². The largest absolute Gasteiger partial charge is 0.433 e. The minimum absolute atomic E-state index is 0.168. The Morgan fingerprint density at radius 2 is 2.00 bits per heavy atom. The number of hydrogen-bond acceptors (Lipinski definition) is 2. The Morgan fingerprint density at radius 1 is 1.26 bits per heavy atom. The molecule has 19 heavy (non-hydrogen) atoms. The van der Waals surface area contributed by atoms with Crippen LogP contribution in [0.3, 0.4) is 0 Å². The van der Waals surface area contributed by atoms with E-state index in [0.717, 1.165) is 25.3 Å². The van der Waals surface area contributed by atoms with Crippen molar-refractivity contribution in [2.24, 2.45) is 5.41 Å². The van der Waals surface area contributed by atoms with E-state index in [1.165, 1.54) is 18.7 Å². The third-order valence-electron chi connectivity index (χ3n) is 3.90. The fraction of sp³-hybridized carbons (Fsp3) is 0.643. The maximum Gasteiger partial charge on any atom is 0.433 e. The van der Waals surface area contributed by atoms with Crippen molar-refractivity contribution in [1.82, 2.24) is 4.98 Å². The van der Waals surface area contributed by atoms with Gasteiger partial charge >= 0.3 is 6.18 Å². The number of nitrogens with one attached hydrogen (secondary N) is 1. The van der Waals surface area contributed by atoms with Crippen molar-refractivity contribution in [2.45, 2.75) is 51.7 Å². The van der Waals surface area contributed by atoms with Crippen LogP contribution in [-0.4, -0.2) is 11.0 Å². The zero-order valence-electron chi connectivity index (χ0n) is 11.2. The van der Waals surface area contributed by atoms with Gasteiger partial charge < -0.3 is 5.32 Å². The molecule has 2 nitrogen and oxygen atoms in total. The molecule has 1 heterocycles. The molecular weight excluding hydrogens is 253 g/mol. The minimum Gasteiger partial charge on any atom is -0.381 e. The van der Waals surface area contributed by atoms with E-state index in [4.69, 9.17) is 0 Å². The van der Waals surface area contributed by atoms with E-state index in [1.807, 2.05) is 0 Å². The number of nitrogens with zero attached hydrogens (tertiary/aromatic N) is 1. The summed E-state index contributed by atoms with van der Waals surface area (Å²) in [7, 11) is 0. The van der Waals surface area contributed by atoms with Gasteiger partial charge in [0.05, 0.1) is 11.9 Å². The molecule has 1 aromatic heterocycles. The molecule has 1 fully saturated rings. The second-order valence-corrected chi connectivity index (χ2v) is 5.86. The zero-order chi connectivity index (χ0) is 14.1. The molecule has 0 aromatic carbocycles. The highest BCUT2D eigenvalue weighted by atomic mass is 19.4. The Balaban J connectivity index is 2.07. The van der Waals surface area contributed by atoms with E-state index in [9.17, 15) is 13.2 Å².